The molecule has 1 rings (SSSR count). The summed E-state index contributed by atoms with van der Waals surface area (Å²) < 4.78 is 42.4. The fourth-order valence-corrected chi connectivity index (χ4v) is 1.32. The molecule has 0 unspecified atom stereocenters. The maximum Gasteiger partial charge on any atom is 0.456 e. The minimum atomic E-state index is -4.96. The van der Waals surface area contributed by atoms with Gasteiger partial charge < -0.3 is 9.75 Å². The van der Waals surface area contributed by atoms with Crippen molar-refractivity contribution in [1.29, 1.82) is 0 Å². The third-order valence-electron chi connectivity index (χ3n) is 2.14. The maximum atomic E-state index is 12.5. The fraction of sp³-hybridized carbons (Fsp3) is 0.333. The summed E-state index contributed by atoms with van der Waals surface area (Å²) in [5.41, 5.74) is -0.572. The Morgan fingerprint density at radius 2 is 1.74 bits per heavy atom. The van der Waals surface area contributed by atoms with Gasteiger partial charge in [-0.1, -0.05) is 0 Å². The highest BCUT2D eigenvalue weighted by Crippen LogP contribution is 2.21. The number of Topliss-reactive ketones (excluding diaryl/α,β-unsaturated/α-hetero) is 1. The number of rotatable bonds is 4. The maximum absolute atomic E-state index is 12.5. The van der Waals surface area contributed by atoms with Gasteiger partial charge in [0.1, 0.15) is 11.5 Å². The number of alkyl halides is 3. The first kappa shape index (κ1) is 15.0. The summed E-state index contributed by atoms with van der Waals surface area (Å²) >= 11 is 0. The van der Waals surface area contributed by atoms with Gasteiger partial charge in [-0.15, -0.1) is 0 Å². The van der Waals surface area contributed by atoms with Crippen LogP contribution in [-0.2, 0) is 4.79 Å². The quantitative estimate of drug-likeness (QED) is 0.623. The molecule has 7 heteroatoms. The van der Waals surface area contributed by atoms with Crippen molar-refractivity contribution < 1.29 is 22.7 Å². The van der Waals surface area contributed by atoms with Crippen molar-refractivity contribution in [3.63, 3.8) is 0 Å². The smallest absolute Gasteiger partial charge is 0.456 e. The van der Waals surface area contributed by atoms with Gasteiger partial charge in [0.05, 0.1) is 7.11 Å². The number of methoxy groups -OCH3 is 1. The number of ketones is 1. The average molecular weight is 274 g/mol. The standard InChI is InChI=1S/C12H13F3N2O2/c1-17(2)16-10(11(18)12(13,14)15)8-4-6-9(19-3)7-5-8/h4-7H,1-3H3/b16-10-. The molecule has 0 spiro atoms. The molecule has 0 aliphatic heterocycles. The van der Waals surface area contributed by atoms with Gasteiger partial charge in [0.15, 0.2) is 0 Å². The Morgan fingerprint density at radius 1 is 1.21 bits per heavy atom. The third kappa shape index (κ3) is 3.97. The summed E-state index contributed by atoms with van der Waals surface area (Å²) in [5.74, 6) is -1.50. The highest BCUT2D eigenvalue weighted by molar-refractivity contribution is 6.47. The number of benzene rings is 1. The molecule has 0 saturated carbocycles. The monoisotopic (exact) mass is 274 g/mol. The van der Waals surface area contributed by atoms with Crippen molar-refractivity contribution in [3.8, 4) is 5.75 Å². The molecule has 1 aromatic carbocycles. The van der Waals surface area contributed by atoms with Gasteiger partial charge in [-0.25, -0.2) is 0 Å². The van der Waals surface area contributed by atoms with Crippen LogP contribution >= 0.6 is 0 Å². The van der Waals surface area contributed by atoms with E-state index < -0.39 is 17.7 Å². The molecule has 0 saturated heterocycles. The highest BCUT2D eigenvalue weighted by atomic mass is 19.4. The summed E-state index contributed by atoms with van der Waals surface area (Å²) in [7, 11) is 4.31. The highest BCUT2D eigenvalue weighted by Gasteiger charge is 2.42. The van der Waals surface area contributed by atoms with Gasteiger partial charge in [0.2, 0.25) is 0 Å². The molecule has 0 aliphatic carbocycles. The van der Waals surface area contributed by atoms with Crippen LogP contribution in [0.15, 0.2) is 29.4 Å². The molecule has 0 aromatic heterocycles. The number of ether oxygens (including phenoxy) is 1. The van der Waals surface area contributed by atoms with E-state index in [0.717, 1.165) is 5.01 Å². The molecule has 0 aliphatic rings. The van der Waals surface area contributed by atoms with Crippen molar-refractivity contribution in [3.05, 3.63) is 29.8 Å². The Bertz CT molecular complexity index is 479. The zero-order valence-electron chi connectivity index (χ0n) is 10.7. The molecule has 1 aromatic rings. The first-order valence-electron chi connectivity index (χ1n) is 5.27. The van der Waals surface area contributed by atoms with Crippen LogP contribution in [0.2, 0.25) is 0 Å². The van der Waals surface area contributed by atoms with Gasteiger partial charge in [0.25, 0.3) is 5.78 Å². The topological polar surface area (TPSA) is 41.9 Å². The van der Waals surface area contributed by atoms with Crippen molar-refractivity contribution >= 4 is 11.5 Å². The number of hydrogen-bond acceptors (Lipinski definition) is 4. The van der Waals surface area contributed by atoms with Crippen molar-refractivity contribution in [2.75, 3.05) is 21.2 Å². The first-order valence-corrected chi connectivity index (χ1v) is 5.27. The van der Waals surface area contributed by atoms with E-state index in [2.05, 4.69) is 5.10 Å². The largest absolute Gasteiger partial charge is 0.497 e. The van der Waals surface area contributed by atoms with E-state index in [1.165, 1.54) is 45.5 Å². The van der Waals surface area contributed by atoms with Crippen LogP contribution in [-0.4, -0.2) is 43.9 Å². The molecule has 0 heterocycles. The van der Waals surface area contributed by atoms with Crippen LogP contribution in [0.5, 0.6) is 5.75 Å². The van der Waals surface area contributed by atoms with Crippen LogP contribution in [0.1, 0.15) is 5.56 Å². The molecule has 0 N–H and O–H groups in total. The molecule has 0 atom stereocenters. The van der Waals surface area contributed by atoms with Crippen molar-refractivity contribution in [1.82, 2.24) is 5.01 Å². The van der Waals surface area contributed by atoms with Crippen LogP contribution in [0.3, 0.4) is 0 Å². The minimum Gasteiger partial charge on any atom is -0.497 e. The van der Waals surface area contributed by atoms with E-state index in [1.807, 2.05) is 0 Å². The number of halogens is 3. The summed E-state index contributed by atoms with van der Waals surface area (Å²) in [6, 6.07) is 5.63. The third-order valence-corrected chi connectivity index (χ3v) is 2.14. The van der Waals surface area contributed by atoms with Gasteiger partial charge in [0, 0.05) is 19.7 Å². The zero-order valence-corrected chi connectivity index (χ0v) is 10.7. The Hall–Kier alpha value is -2.05. The van der Waals surface area contributed by atoms with Crippen LogP contribution < -0.4 is 4.74 Å². The molecule has 104 valence electrons. The van der Waals surface area contributed by atoms with Crippen molar-refractivity contribution in [2.45, 2.75) is 6.18 Å². The Balaban J connectivity index is 3.21. The lowest BCUT2D eigenvalue weighted by Gasteiger charge is -2.12. The number of carbonyl (C=O) groups is 1. The molecule has 0 amide bonds. The normalized spacial score (nSPS) is 12.2. The molecule has 4 nitrogen and oxygen atoms in total. The Morgan fingerprint density at radius 3 is 2.11 bits per heavy atom. The van der Waals surface area contributed by atoms with E-state index in [1.54, 1.807) is 0 Å². The second kappa shape index (κ2) is 5.73. The van der Waals surface area contributed by atoms with Crippen LogP contribution in [0.4, 0.5) is 13.2 Å². The lowest BCUT2D eigenvalue weighted by Crippen LogP contribution is -2.32. The van der Waals surface area contributed by atoms with Crippen LogP contribution in [0.25, 0.3) is 0 Å². The second-order valence-electron chi connectivity index (χ2n) is 3.85. The molecule has 0 fully saturated rings. The van der Waals surface area contributed by atoms with Gasteiger partial charge in [-0.2, -0.15) is 18.3 Å². The molecule has 19 heavy (non-hydrogen) atoms. The summed E-state index contributed by atoms with van der Waals surface area (Å²) in [4.78, 5) is 11.3. The number of carbonyl (C=O) groups excluding carboxylic acids is 1. The van der Waals surface area contributed by atoms with E-state index in [9.17, 15) is 18.0 Å². The molecular weight excluding hydrogens is 261 g/mol. The summed E-state index contributed by atoms with van der Waals surface area (Å²) in [6.07, 6.45) is -4.96. The summed E-state index contributed by atoms with van der Waals surface area (Å²) in [6.45, 7) is 0. The predicted octanol–water partition coefficient (Wildman–Crippen LogP) is 2.09. The molecule has 0 radical (unpaired) electrons. The number of hydrazone groups is 1. The summed E-state index contributed by atoms with van der Waals surface area (Å²) in [5, 5.41) is 4.75. The fourth-order valence-electron chi connectivity index (χ4n) is 1.32. The van der Waals surface area contributed by atoms with Crippen LogP contribution in [0, 0.1) is 0 Å². The Kier molecular flexibility index (Phi) is 4.52. The Labute approximate surface area is 108 Å². The predicted molar refractivity (Wildman–Crippen MR) is 64.3 cm³/mol. The number of hydrogen-bond donors (Lipinski definition) is 0. The van der Waals surface area contributed by atoms with Gasteiger partial charge >= 0.3 is 6.18 Å². The van der Waals surface area contributed by atoms with E-state index in [-0.39, 0.29) is 5.56 Å². The minimum absolute atomic E-state index is 0.0804. The average Bonchev–Trinajstić information content (AvgIpc) is 2.34. The van der Waals surface area contributed by atoms with E-state index >= 15 is 0 Å². The first-order chi connectivity index (χ1) is 8.75. The SMILES string of the molecule is COc1ccc(/C(=N/N(C)C)C(=O)C(F)(F)F)cc1. The lowest BCUT2D eigenvalue weighted by molar-refractivity contribution is -0.163. The van der Waals surface area contributed by atoms with Crippen molar-refractivity contribution in [2.24, 2.45) is 5.10 Å². The van der Waals surface area contributed by atoms with Gasteiger partial charge in [-0.3, -0.25) is 4.79 Å². The van der Waals surface area contributed by atoms with E-state index in [4.69, 9.17) is 4.74 Å². The zero-order chi connectivity index (χ0) is 14.6. The van der Waals surface area contributed by atoms with Gasteiger partial charge in [-0.05, 0) is 24.3 Å². The molecule has 0 bridgehead atoms. The lowest BCUT2D eigenvalue weighted by atomic mass is 10.1. The second-order valence-corrected chi connectivity index (χ2v) is 3.85. The van der Waals surface area contributed by atoms with E-state index in [0.29, 0.717) is 5.75 Å². The number of nitrogens with zero attached hydrogens (tertiary/aromatic N) is 2. The molecular formula is C12H13F3N2O2.